The highest BCUT2D eigenvalue weighted by molar-refractivity contribution is 6.30. The lowest BCUT2D eigenvalue weighted by molar-refractivity contribution is -0.910. The minimum absolute atomic E-state index is 0.00907. The number of ether oxygens (including phenoxy) is 2. The van der Waals surface area contributed by atoms with E-state index in [0.29, 0.717) is 11.6 Å². The van der Waals surface area contributed by atoms with Gasteiger partial charge in [0.25, 0.3) is 5.91 Å². The minimum Gasteiger partial charge on any atom is -0.497 e. The first-order valence-corrected chi connectivity index (χ1v) is 9.52. The number of aryl methyl sites for hydroxylation is 1. The molecule has 0 aliphatic carbocycles. The number of methoxy groups -OCH3 is 2. The van der Waals surface area contributed by atoms with Crippen LogP contribution in [-0.2, 0) is 4.79 Å². The zero-order chi connectivity index (χ0) is 19.4. The summed E-state index contributed by atoms with van der Waals surface area (Å²) in [5, 5.41) is 3.68. The fourth-order valence-electron chi connectivity index (χ4n) is 3.77. The lowest BCUT2D eigenvalue weighted by Crippen LogP contribution is -3.11. The molecule has 144 valence electrons. The van der Waals surface area contributed by atoms with Gasteiger partial charge in [0.1, 0.15) is 17.5 Å². The van der Waals surface area contributed by atoms with E-state index in [1.165, 1.54) is 4.90 Å². The van der Waals surface area contributed by atoms with Gasteiger partial charge in [-0.25, -0.2) is 0 Å². The Labute approximate surface area is 165 Å². The molecule has 2 N–H and O–H groups in total. The number of rotatable bonds is 6. The molecule has 6 heteroatoms. The Morgan fingerprint density at radius 1 is 1.22 bits per heavy atom. The molecule has 0 radical (unpaired) electrons. The summed E-state index contributed by atoms with van der Waals surface area (Å²) in [5.74, 6) is 1.59. The van der Waals surface area contributed by atoms with Gasteiger partial charge in [-0.1, -0.05) is 11.6 Å². The number of halogens is 1. The molecule has 1 aliphatic heterocycles. The van der Waals surface area contributed by atoms with Crippen molar-refractivity contribution in [1.82, 2.24) is 0 Å². The van der Waals surface area contributed by atoms with Crippen LogP contribution in [0.2, 0.25) is 5.02 Å². The molecule has 1 aliphatic rings. The zero-order valence-electron chi connectivity index (χ0n) is 16.0. The van der Waals surface area contributed by atoms with Crippen LogP contribution in [0.15, 0.2) is 36.4 Å². The number of benzene rings is 2. The molecular weight excluding hydrogens is 364 g/mol. The van der Waals surface area contributed by atoms with Gasteiger partial charge in [-0.3, -0.25) is 4.79 Å². The van der Waals surface area contributed by atoms with E-state index in [1.54, 1.807) is 20.3 Å². The van der Waals surface area contributed by atoms with Crippen molar-refractivity contribution in [3.63, 3.8) is 0 Å². The summed E-state index contributed by atoms with van der Waals surface area (Å²) in [7, 11) is 3.31. The Kier molecular flexibility index (Phi) is 6.24. The van der Waals surface area contributed by atoms with Crippen LogP contribution in [0, 0.1) is 6.92 Å². The molecule has 5 nitrogen and oxygen atoms in total. The van der Waals surface area contributed by atoms with Crippen molar-refractivity contribution < 1.29 is 19.2 Å². The van der Waals surface area contributed by atoms with Crippen molar-refractivity contribution >= 4 is 23.2 Å². The van der Waals surface area contributed by atoms with Crippen LogP contribution in [0.25, 0.3) is 0 Å². The number of carbonyl (C=O) groups excluding carboxylic acids is 1. The van der Waals surface area contributed by atoms with Crippen LogP contribution < -0.4 is 19.7 Å². The maximum Gasteiger partial charge on any atom is 0.279 e. The highest BCUT2D eigenvalue weighted by Gasteiger charge is 2.33. The summed E-state index contributed by atoms with van der Waals surface area (Å²) in [5.41, 5.74) is 2.89. The molecule has 1 amide bonds. The van der Waals surface area contributed by atoms with E-state index in [4.69, 9.17) is 21.1 Å². The van der Waals surface area contributed by atoms with Crippen molar-refractivity contribution in [2.75, 3.05) is 32.6 Å². The Balaban J connectivity index is 1.72. The van der Waals surface area contributed by atoms with Gasteiger partial charge in [0.2, 0.25) is 0 Å². The summed E-state index contributed by atoms with van der Waals surface area (Å²) in [4.78, 5) is 13.9. The second-order valence-corrected chi connectivity index (χ2v) is 7.33. The molecule has 2 aromatic rings. The predicted molar refractivity (Wildman–Crippen MR) is 107 cm³/mol. The van der Waals surface area contributed by atoms with E-state index in [1.807, 2.05) is 31.2 Å². The van der Waals surface area contributed by atoms with E-state index in [9.17, 15) is 4.79 Å². The summed E-state index contributed by atoms with van der Waals surface area (Å²) in [6, 6.07) is 11.6. The van der Waals surface area contributed by atoms with Gasteiger partial charge in [-0.15, -0.1) is 0 Å². The Hall–Kier alpha value is -2.24. The van der Waals surface area contributed by atoms with Crippen LogP contribution in [0.3, 0.4) is 0 Å². The molecular formula is C21H26ClN2O3+. The van der Waals surface area contributed by atoms with Crippen LogP contribution in [-0.4, -0.2) is 33.2 Å². The number of hydrogen-bond donors (Lipinski definition) is 2. The topological polar surface area (TPSA) is 52.0 Å². The second-order valence-electron chi connectivity index (χ2n) is 6.90. The summed E-state index contributed by atoms with van der Waals surface area (Å²) < 4.78 is 10.9. The third-order valence-electron chi connectivity index (χ3n) is 5.15. The van der Waals surface area contributed by atoms with Crippen molar-refractivity contribution in [3.8, 4) is 11.5 Å². The van der Waals surface area contributed by atoms with Crippen molar-refractivity contribution in [3.05, 3.63) is 52.5 Å². The first-order chi connectivity index (χ1) is 13.0. The molecule has 1 heterocycles. The molecule has 1 fully saturated rings. The Morgan fingerprint density at radius 2 is 2.04 bits per heavy atom. The second kappa shape index (κ2) is 8.63. The van der Waals surface area contributed by atoms with Crippen molar-refractivity contribution in [1.29, 1.82) is 0 Å². The summed E-state index contributed by atoms with van der Waals surface area (Å²) in [6.07, 6.45) is 2.12. The maximum atomic E-state index is 12.6. The van der Waals surface area contributed by atoms with E-state index in [2.05, 4.69) is 11.4 Å². The molecule has 0 saturated carbocycles. The summed E-state index contributed by atoms with van der Waals surface area (Å²) >= 11 is 5.99. The molecule has 27 heavy (non-hydrogen) atoms. The quantitative estimate of drug-likeness (QED) is 0.798. The predicted octanol–water partition coefficient (Wildman–Crippen LogP) is 3.02. The monoisotopic (exact) mass is 389 g/mol. The largest absolute Gasteiger partial charge is 0.497 e. The van der Waals surface area contributed by atoms with Gasteiger partial charge in [-0.2, -0.15) is 0 Å². The molecule has 3 rings (SSSR count). The Morgan fingerprint density at radius 3 is 2.74 bits per heavy atom. The smallest absolute Gasteiger partial charge is 0.279 e. The van der Waals surface area contributed by atoms with E-state index < -0.39 is 0 Å². The molecule has 1 saturated heterocycles. The number of hydrogen-bond acceptors (Lipinski definition) is 3. The molecule has 0 spiro atoms. The maximum absolute atomic E-state index is 12.6. The molecule has 2 aromatic carbocycles. The standard InChI is InChI=1S/C21H25ClN2O3/c1-14-11-15(22)6-9-18(14)23-21(25)13-24-10-4-5-19(24)17-8-7-16(26-2)12-20(17)27-3/h6-9,11-12,19H,4-5,10,13H2,1-3H3,(H,23,25)/p+1/t19-/m1/s1. The summed E-state index contributed by atoms with van der Waals surface area (Å²) in [6.45, 7) is 3.32. The third kappa shape index (κ3) is 4.54. The van der Waals surface area contributed by atoms with E-state index >= 15 is 0 Å². The van der Waals surface area contributed by atoms with E-state index in [0.717, 1.165) is 47.7 Å². The minimum atomic E-state index is 0.00907. The average molecular weight is 390 g/mol. The molecule has 0 aromatic heterocycles. The molecule has 0 bridgehead atoms. The van der Waals surface area contributed by atoms with Crippen LogP contribution in [0.1, 0.15) is 30.0 Å². The highest BCUT2D eigenvalue weighted by Crippen LogP contribution is 2.31. The van der Waals surface area contributed by atoms with E-state index in [-0.39, 0.29) is 11.9 Å². The fourth-order valence-corrected chi connectivity index (χ4v) is 4.00. The van der Waals surface area contributed by atoms with Gasteiger partial charge in [0.15, 0.2) is 6.54 Å². The van der Waals surface area contributed by atoms with Crippen LogP contribution in [0.5, 0.6) is 11.5 Å². The first kappa shape index (κ1) is 19.5. The van der Waals surface area contributed by atoms with Gasteiger partial charge >= 0.3 is 0 Å². The van der Waals surface area contributed by atoms with Crippen molar-refractivity contribution in [2.45, 2.75) is 25.8 Å². The Bertz CT molecular complexity index is 825. The normalized spacial score (nSPS) is 19.0. The van der Waals surface area contributed by atoms with Crippen molar-refractivity contribution in [2.24, 2.45) is 0 Å². The average Bonchev–Trinajstić information content (AvgIpc) is 3.11. The first-order valence-electron chi connectivity index (χ1n) is 9.14. The SMILES string of the molecule is COc1ccc([C@H]2CCC[NH+]2CC(=O)Nc2ccc(Cl)cc2C)c(OC)c1. The van der Waals surface area contributed by atoms with Gasteiger partial charge < -0.3 is 19.7 Å². The number of anilines is 1. The van der Waals surface area contributed by atoms with Gasteiger partial charge in [0.05, 0.1) is 26.3 Å². The zero-order valence-corrected chi connectivity index (χ0v) is 16.7. The lowest BCUT2D eigenvalue weighted by Gasteiger charge is -2.23. The number of likely N-dealkylation sites (tertiary alicyclic amines) is 1. The van der Waals surface area contributed by atoms with Crippen LogP contribution in [0.4, 0.5) is 5.69 Å². The fraction of sp³-hybridized carbons (Fsp3) is 0.381. The lowest BCUT2D eigenvalue weighted by atomic mass is 10.0. The molecule has 2 atom stereocenters. The third-order valence-corrected chi connectivity index (χ3v) is 5.38. The van der Waals surface area contributed by atoms with Gasteiger partial charge in [-0.05, 0) is 42.8 Å². The number of amides is 1. The van der Waals surface area contributed by atoms with Gasteiger partial charge in [0, 0.05) is 29.6 Å². The molecule has 1 unspecified atom stereocenters. The number of quaternary nitrogens is 1. The highest BCUT2D eigenvalue weighted by atomic mass is 35.5. The van der Waals surface area contributed by atoms with Crippen LogP contribution >= 0.6 is 11.6 Å². The number of nitrogens with one attached hydrogen (secondary N) is 2. The number of carbonyl (C=O) groups is 1.